The van der Waals surface area contributed by atoms with Crippen LogP contribution in [0.15, 0.2) is 231 Å². The van der Waals surface area contributed by atoms with Crippen LogP contribution in [0.5, 0.6) is 0 Å². The molecule has 9 aromatic rings. The number of pyridine rings is 2. The topological polar surface area (TPSA) is 92.0 Å². The van der Waals surface area contributed by atoms with Crippen LogP contribution in [-0.4, -0.2) is 15.1 Å². The normalized spacial score (nSPS) is 10.1. The number of aromatic nitrogens is 2. The van der Waals surface area contributed by atoms with Crippen LogP contribution in [-0.2, 0) is 17.1 Å². The Bertz CT molecular complexity index is 2160. The van der Waals surface area contributed by atoms with E-state index in [0.717, 1.165) is 21.8 Å². The molecular weight excluding hydrogens is 792 g/mol. The van der Waals surface area contributed by atoms with Gasteiger partial charge in [-0.2, -0.15) is 0 Å². The minimum atomic E-state index is -1.75. The molecule has 0 atom stereocenters. The minimum Gasteiger partial charge on any atom is -0.356 e. The summed E-state index contributed by atoms with van der Waals surface area (Å²) in [4.78, 5) is 16.9. The Hall–Kier alpha value is -6.06. The first-order valence-corrected chi connectivity index (χ1v) is 20.6. The summed E-state index contributed by atoms with van der Waals surface area (Å²) >= 11 is 0. The van der Waals surface area contributed by atoms with Crippen LogP contribution in [0.4, 0.5) is 0 Å². The van der Waals surface area contributed by atoms with Crippen molar-refractivity contribution in [3.63, 3.8) is 0 Å². The smallest absolute Gasteiger partial charge is 0.0964 e. The number of hydrogen-bond donors (Lipinski definition) is 0. The summed E-state index contributed by atoms with van der Waals surface area (Å²) in [5.74, 6) is 0. The van der Waals surface area contributed by atoms with Crippen LogP contribution < -0.4 is 31.8 Å². The molecule has 0 unspecified atom stereocenters. The average Bonchev–Trinajstić information content (AvgIpc) is 3.26. The summed E-state index contributed by atoms with van der Waals surface area (Å²) in [7, 11) is -0.892. The zero-order valence-corrected chi connectivity index (χ0v) is 33.4. The van der Waals surface area contributed by atoms with Gasteiger partial charge >= 0.3 is 0 Å². The van der Waals surface area contributed by atoms with Crippen LogP contribution in [0, 0.1) is 15.3 Å². The van der Waals surface area contributed by atoms with Crippen molar-refractivity contribution in [2.75, 3.05) is 0 Å². The van der Waals surface area contributed by atoms with Gasteiger partial charge in [0.2, 0.25) is 0 Å². The van der Waals surface area contributed by atoms with Crippen molar-refractivity contribution in [2.24, 2.45) is 0 Å². The van der Waals surface area contributed by atoms with Crippen molar-refractivity contribution in [3.05, 3.63) is 246 Å². The molecule has 9 heteroatoms. The largest absolute Gasteiger partial charge is 0.356 e. The molecule has 0 aliphatic carbocycles. The fourth-order valence-electron chi connectivity index (χ4n) is 6.04. The van der Waals surface area contributed by atoms with Gasteiger partial charge < -0.3 is 15.3 Å². The Morgan fingerprint density at radius 2 is 0.544 bits per heavy atom. The van der Waals surface area contributed by atoms with Gasteiger partial charge in [0.05, 0.1) is 16.1 Å². The van der Waals surface area contributed by atoms with E-state index in [-0.39, 0.29) is 17.1 Å². The van der Waals surface area contributed by atoms with Crippen LogP contribution >= 0.6 is 15.8 Å². The van der Waals surface area contributed by atoms with Gasteiger partial charge in [0.15, 0.2) is 0 Å². The van der Waals surface area contributed by atoms with E-state index in [4.69, 9.17) is 15.3 Å². The summed E-state index contributed by atoms with van der Waals surface area (Å²) in [6, 6.07) is 76.8. The van der Waals surface area contributed by atoms with E-state index in [0.29, 0.717) is 0 Å². The molecule has 0 saturated heterocycles. The van der Waals surface area contributed by atoms with E-state index in [2.05, 4.69) is 216 Å². The van der Waals surface area contributed by atoms with E-state index >= 15 is 0 Å². The van der Waals surface area contributed by atoms with Crippen molar-refractivity contribution >= 4 is 69.5 Å². The Morgan fingerprint density at radius 3 is 0.754 bits per heavy atom. The molecule has 2 heterocycles. The second-order valence-corrected chi connectivity index (χ2v) is 16.6. The summed E-state index contributed by atoms with van der Waals surface area (Å²) < 4.78 is 0. The Labute approximate surface area is 346 Å². The monoisotopic (exact) mass is 829 g/mol. The van der Waals surface area contributed by atoms with Crippen molar-refractivity contribution in [2.45, 2.75) is 0 Å². The van der Waals surface area contributed by atoms with Gasteiger partial charge in [-0.3, -0.25) is 9.97 Å². The van der Waals surface area contributed by atoms with Crippen molar-refractivity contribution in [1.29, 1.82) is 0 Å². The van der Waals surface area contributed by atoms with E-state index in [1.54, 1.807) is 12.4 Å². The standard InChI is InChI=1S/2C18H15P.C12H8N2.Cu.NO3/c2*1-4-10-16(11-5-1)19(17-12-6-2-7-13-17)18-14-8-3-9-15-18;1-3-9-5-6-10-4-2-8-14-12(10)11(9)13-7-1;;2-1(3)4/h2*1-15H;1-8H;;/q;;;;-1. The van der Waals surface area contributed by atoms with Crippen LogP contribution in [0.3, 0.4) is 0 Å². The zero-order valence-electron chi connectivity index (χ0n) is 30.7. The van der Waals surface area contributed by atoms with Gasteiger partial charge in [-0.25, -0.2) is 0 Å². The predicted octanol–water partition coefficient (Wildman–Crippen LogP) is 9.43. The quantitative estimate of drug-likeness (QED) is 0.0548. The maximum absolute atomic E-state index is 8.25. The summed E-state index contributed by atoms with van der Waals surface area (Å²) in [5, 5.41) is 25.4. The predicted molar refractivity (Wildman–Crippen MR) is 238 cm³/mol. The number of benzene rings is 7. The number of rotatable bonds is 6. The van der Waals surface area contributed by atoms with Crippen LogP contribution in [0.25, 0.3) is 21.8 Å². The third-order valence-electron chi connectivity index (χ3n) is 8.43. The molecule has 0 saturated carbocycles. The molecule has 0 bridgehead atoms. The van der Waals surface area contributed by atoms with Gasteiger partial charge in [0, 0.05) is 40.2 Å². The van der Waals surface area contributed by atoms with Gasteiger partial charge in [0.1, 0.15) is 0 Å². The van der Waals surface area contributed by atoms with Gasteiger partial charge in [0.25, 0.3) is 0 Å². The van der Waals surface area contributed by atoms with Gasteiger partial charge in [-0.05, 0) is 59.8 Å². The third-order valence-corrected chi connectivity index (χ3v) is 13.3. The van der Waals surface area contributed by atoms with Gasteiger partial charge in [-0.15, -0.1) is 0 Å². The minimum absolute atomic E-state index is 0. The molecule has 2 aromatic heterocycles. The van der Waals surface area contributed by atoms with Crippen molar-refractivity contribution in [1.82, 2.24) is 9.97 Å². The summed E-state index contributed by atoms with van der Waals surface area (Å²) in [6.45, 7) is 0. The molecule has 9 rings (SSSR count). The second-order valence-electron chi connectivity index (χ2n) is 12.1. The first-order valence-electron chi connectivity index (χ1n) is 17.9. The van der Waals surface area contributed by atoms with E-state index in [9.17, 15) is 0 Å². The van der Waals surface area contributed by atoms with Crippen molar-refractivity contribution < 1.29 is 22.2 Å². The van der Waals surface area contributed by atoms with Crippen LogP contribution in [0.1, 0.15) is 0 Å². The number of hydrogen-bond acceptors (Lipinski definition) is 5. The first-order chi connectivity index (χ1) is 27.6. The Morgan fingerprint density at radius 1 is 0.333 bits per heavy atom. The second kappa shape index (κ2) is 22.5. The molecule has 57 heavy (non-hydrogen) atoms. The SMILES string of the molecule is O=[N+]([O-])[O-].[Cu].c1ccc(P(c2ccccc2)c2ccccc2)cc1.c1ccc(P(c2ccccc2)c2ccccc2)cc1.c1cnc2c(c1)ccc1cccnc12. The van der Waals surface area contributed by atoms with Gasteiger partial charge in [-0.1, -0.05) is 206 Å². The molecule has 285 valence electrons. The van der Waals surface area contributed by atoms with Crippen molar-refractivity contribution in [3.8, 4) is 0 Å². The molecule has 0 spiro atoms. The fraction of sp³-hybridized carbons (Fsp3) is 0. The number of nitrogens with zero attached hydrogens (tertiary/aromatic N) is 3. The molecular formula is C48H38CuN3O3P2-. The molecule has 6 nitrogen and oxygen atoms in total. The third kappa shape index (κ3) is 12.2. The Balaban J connectivity index is 0.000000156. The molecule has 7 aromatic carbocycles. The molecule has 1 radical (unpaired) electrons. The average molecular weight is 830 g/mol. The molecule has 0 fully saturated rings. The maximum atomic E-state index is 8.25. The zero-order chi connectivity index (χ0) is 38.8. The molecule has 0 aliphatic rings. The number of fused-ring (bicyclic) bond motifs is 3. The van der Waals surface area contributed by atoms with Crippen LogP contribution in [0.2, 0.25) is 0 Å². The first kappa shape index (κ1) is 42.1. The van der Waals surface area contributed by atoms with E-state index < -0.39 is 20.9 Å². The molecule has 0 aliphatic heterocycles. The maximum Gasteiger partial charge on any atom is 0.0964 e. The summed E-state index contributed by atoms with van der Waals surface area (Å²) in [5.41, 5.74) is 1.95. The van der Waals surface area contributed by atoms with E-state index in [1.165, 1.54) is 31.8 Å². The summed E-state index contributed by atoms with van der Waals surface area (Å²) in [6.07, 6.45) is 3.60. The molecule has 0 N–H and O–H groups in total. The molecule has 0 amide bonds. The van der Waals surface area contributed by atoms with E-state index in [1.807, 2.05) is 12.1 Å². The fourth-order valence-corrected chi connectivity index (χ4v) is 10.6. The Kier molecular flexibility index (Phi) is 16.6.